The summed E-state index contributed by atoms with van der Waals surface area (Å²) in [6.45, 7) is 3.14. The summed E-state index contributed by atoms with van der Waals surface area (Å²) >= 11 is 0. The molecule has 0 radical (unpaired) electrons. The van der Waals surface area contributed by atoms with E-state index in [0.29, 0.717) is 97.6 Å². The van der Waals surface area contributed by atoms with Crippen molar-refractivity contribution < 1.29 is 76.5 Å². The smallest absolute Gasteiger partial charge is 0.328 e. The minimum atomic E-state index is -0.788. The van der Waals surface area contributed by atoms with Crippen molar-refractivity contribution in [3.63, 3.8) is 0 Å². The Kier molecular flexibility index (Phi) is 44.3. The molecular weight excluding hydrogens is 1430 g/mol. The molecule has 0 aromatic heterocycles. The number of nitrogens with one attached hydrogen (secondary N) is 4. The zero-order valence-electron chi connectivity index (χ0n) is 67.1. The van der Waals surface area contributed by atoms with Crippen LogP contribution < -0.4 is 21.3 Å². The van der Waals surface area contributed by atoms with Crippen molar-refractivity contribution in [1.29, 1.82) is 0 Å². The minimum Gasteiger partial charge on any atom is -0.467 e. The van der Waals surface area contributed by atoms with Crippen molar-refractivity contribution in [1.82, 2.24) is 40.9 Å². The number of esters is 4. The third kappa shape index (κ3) is 37.8. The van der Waals surface area contributed by atoms with E-state index in [2.05, 4.69) is 54.4 Å². The van der Waals surface area contributed by atoms with Gasteiger partial charge >= 0.3 is 23.9 Å². The van der Waals surface area contributed by atoms with Crippen molar-refractivity contribution in [2.24, 2.45) is 0 Å². The summed E-state index contributed by atoms with van der Waals surface area (Å²) in [4.78, 5) is 149. The molecule has 0 spiro atoms. The molecule has 8 amide bonds. The first-order valence-corrected chi connectivity index (χ1v) is 37.0. The second-order valence-electron chi connectivity index (χ2n) is 26.7. The van der Waals surface area contributed by atoms with Gasteiger partial charge in [-0.15, -0.1) is 0 Å². The number of aryl methyl sites for hydroxylation is 1. The van der Waals surface area contributed by atoms with E-state index in [0.717, 1.165) is 60.8 Å². The Morgan fingerprint density at radius 2 is 0.714 bits per heavy atom. The van der Waals surface area contributed by atoms with Gasteiger partial charge in [-0.1, -0.05) is 139 Å². The van der Waals surface area contributed by atoms with Crippen LogP contribution in [0.5, 0.6) is 0 Å². The predicted octanol–water partition coefficient (Wildman–Crippen LogP) is 10.0. The maximum absolute atomic E-state index is 12.7. The van der Waals surface area contributed by atoms with Gasteiger partial charge in [0.1, 0.15) is 24.2 Å². The van der Waals surface area contributed by atoms with Crippen LogP contribution in [0.1, 0.15) is 172 Å². The highest BCUT2D eigenvalue weighted by Crippen LogP contribution is 2.16. The van der Waals surface area contributed by atoms with E-state index in [1.165, 1.54) is 28.4 Å². The normalized spacial score (nSPS) is 11.3. The van der Waals surface area contributed by atoms with Gasteiger partial charge in [-0.05, 0) is 142 Å². The van der Waals surface area contributed by atoms with Gasteiger partial charge in [-0.3, -0.25) is 38.4 Å². The first-order chi connectivity index (χ1) is 53.5. The summed E-state index contributed by atoms with van der Waals surface area (Å²) in [7, 11) is 19.1. The van der Waals surface area contributed by atoms with Gasteiger partial charge in [0.25, 0.3) is 23.6 Å². The number of carbonyl (C=O) groups excluding carboxylic acids is 12. The Morgan fingerprint density at radius 1 is 0.366 bits per heavy atom. The molecule has 0 aliphatic heterocycles. The van der Waals surface area contributed by atoms with Gasteiger partial charge in [-0.25, -0.2) is 19.2 Å². The molecule has 0 saturated heterocycles. The molecule has 6 rings (SSSR count). The summed E-state index contributed by atoms with van der Waals surface area (Å²) in [5.74, 6) is 9.15. The lowest BCUT2D eigenvalue weighted by Gasteiger charge is -2.17. The van der Waals surface area contributed by atoms with E-state index in [9.17, 15) is 57.5 Å². The molecule has 24 nitrogen and oxygen atoms in total. The second kappa shape index (κ2) is 52.8. The molecule has 598 valence electrons. The van der Waals surface area contributed by atoms with Gasteiger partial charge in [-0.2, -0.15) is 0 Å². The first-order valence-electron chi connectivity index (χ1n) is 37.0. The number of hydrogen-bond acceptors (Lipinski definition) is 16. The molecule has 0 fully saturated rings. The minimum absolute atomic E-state index is 0.0798. The topological polar surface area (TPSA) is 303 Å². The highest BCUT2D eigenvalue weighted by atomic mass is 16.5. The van der Waals surface area contributed by atoms with E-state index in [-0.39, 0.29) is 47.3 Å². The number of allylic oxidation sites excluding steroid dienone is 1. The Labute approximate surface area is 660 Å². The largest absolute Gasteiger partial charge is 0.467 e. The van der Waals surface area contributed by atoms with Crippen LogP contribution in [0.2, 0.25) is 0 Å². The number of carbonyl (C=O) groups is 12. The summed E-state index contributed by atoms with van der Waals surface area (Å²) in [5.41, 5.74) is 7.03. The van der Waals surface area contributed by atoms with Gasteiger partial charge < -0.3 is 59.8 Å². The van der Waals surface area contributed by atoms with E-state index in [4.69, 9.17) is 9.47 Å². The van der Waals surface area contributed by atoms with Crippen molar-refractivity contribution in [2.45, 2.75) is 141 Å². The first kappa shape index (κ1) is 94.0. The number of amides is 8. The second-order valence-corrected chi connectivity index (χ2v) is 26.7. The van der Waals surface area contributed by atoms with E-state index >= 15 is 0 Å². The molecule has 0 aliphatic rings. The zero-order valence-corrected chi connectivity index (χ0v) is 67.1. The van der Waals surface area contributed by atoms with Gasteiger partial charge in [0, 0.05) is 141 Å². The maximum Gasteiger partial charge on any atom is 0.328 e. The van der Waals surface area contributed by atoms with Crippen LogP contribution in [-0.4, -0.2) is 200 Å². The van der Waals surface area contributed by atoms with Crippen LogP contribution in [0.3, 0.4) is 0 Å². The fourth-order valence-electron chi connectivity index (χ4n) is 10.3. The Morgan fingerprint density at radius 3 is 1.12 bits per heavy atom. The number of ether oxygens (including phenoxy) is 4. The number of benzene rings is 6. The molecule has 0 saturated carbocycles. The van der Waals surface area contributed by atoms with Crippen LogP contribution >= 0.6 is 0 Å². The molecular formula is C88H110N8O16. The average Bonchev–Trinajstić information content (AvgIpc) is 0.848. The monoisotopic (exact) mass is 1530 g/mol. The lowest BCUT2D eigenvalue weighted by atomic mass is 10.0. The molecule has 6 aromatic rings. The molecule has 24 heteroatoms. The Hall–Kier alpha value is -12.2. The lowest BCUT2D eigenvalue weighted by molar-refractivity contribution is -0.143. The van der Waals surface area contributed by atoms with Crippen molar-refractivity contribution in [2.75, 3.05) is 84.8 Å². The quantitative estimate of drug-likeness (QED) is 0.0129. The van der Waals surface area contributed by atoms with Gasteiger partial charge in [0.05, 0.1) is 28.4 Å². The Bertz CT molecular complexity index is 4210. The molecule has 0 bridgehead atoms. The third-order valence-corrected chi connectivity index (χ3v) is 16.8. The number of rotatable bonds is 33. The Balaban J connectivity index is 0.000000389. The van der Waals surface area contributed by atoms with Crippen LogP contribution in [0.4, 0.5) is 0 Å². The number of methoxy groups -OCH3 is 4. The number of unbranched alkanes of at least 4 members (excludes halogenated alkanes) is 5. The number of hydrogen-bond donors (Lipinski definition) is 4. The SMILES string of the molecule is COC(=O)[C@@H](Cc1ccccc1)NC(=O)c1cccc(/C=C\CCCC(=O)N(C)C)c1.COC(=O)[C@@H](Cc1ccccc1)NC(=O)c1cccc(C#CCCCC(=O)N(C)C)c1.COC(=O)[C@H](C)NC(=O)c1cccc(C#CCCCC(=O)N(C)C)c1.COC(=O)[C@H](C)NC(=O)c1cccc(CCCCCC(=O)N(C)C)c1. The van der Waals surface area contributed by atoms with Crippen molar-refractivity contribution in [3.8, 4) is 23.7 Å². The van der Waals surface area contributed by atoms with Crippen LogP contribution in [0.25, 0.3) is 6.08 Å². The average molecular weight is 1540 g/mol. The molecule has 112 heavy (non-hydrogen) atoms. The molecule has 0 unspecified atom stereocenters. The van der Waals surface area contributed by atoms with Crippen molar-refractivity contribution >= 4 is 77.2 Å². The fraction of sp³-hybridized carbons (Fsp3) is 0.386. The molecule has 6 aromatic carbocycles. The molecule has 0 aliphatic carbocycles. The summed E-state index contributed by atoms with van der Waals surface area (Å²) in [5, 5.41) is 10.7. The van der Waals surface area contributed by atoms with Crippen molar-refractivity contribution in [3.05, 3.63) is 219 Å². The van der Waals surface area contributed by atoms with Crippen LogP contribution in [0, 0.1) is 23.7 Å². The summed E-state index contributed by atoms with van der Waals surface area (Å²) in [6.07, 6.45) is 14.4. The lowest BCUT2D eigenvalue weighted by Crippen LogP contribution is -2.43. The summed E-state index contributed by atoms with van der Waals surface area (Å²) in [6, 6.07) is 44.3. The fourth-order valence-corrected chi connectivity index (χ4v) is 10.3. The van der Waals surface area contributed by atoms with Gasteiger partial charge in [0.15, 0.2) is 0 Å². The third-order valence-electron chi connectivity index (χ3n) is 16.8. The zero-order chi connectivity index (χ0) is 82.9. The highest BCUT2D eigenvalue weighted by molar-refractivity contribution is 5.99. The summed E-state index contributed by atoms with van der Waals surface area (Å²) < 4.78 is 18.9. The number of nitrogens with zero attached hydrogens (tertiary/aromatic N) is 4. The van der Waals surface area contributed by atoms with E-state index in [1.54, 1.807) is 157 Å². The van der Waals surface area contributed by atoms with Gasteiger partial charge in [0.2, 0.25) is 23.6 Å². The maximum atomic E-state index is 12.7. The predicted molar refractivity (Wildman–Crippen MR) is 432 cm³/mol. The van der Waals surface area contributed by atoms with E-state index < -0.39 is 48.0 Å². The standard InChI is InChI=1S/C25H30N2O4.C25H28N2O4.C19H28N2O4.C19H24N2O4/c2*1-27(2)23(28)16-9-5-8-11-19-14-10-15-21(17-19)24(29)26-22(25(30)31-3)18-20-12-6-4-7-13-20;2*1-14(19(24)25-4)20-18(23)16-11-8-10-15(13-16)9-6-5-7-12-17(22)21(2)3/h4,6-8,10-15,17,22H,5,9,16,18H2,1-3H3,(H,26,29);4,6-7,10,12-15,17,22H,5,9,16,18H2,1-3H3,(H,26,29);8,10-11,13-14H,5-7,9,12H2,1-4H3,(H,20,23);8,10-11,13-14H,5,7,12H2,1-4H3,(H,20,23)/b11-8-;;;/t2*22-;2*14-/m1100/s1. The molecule has 0 heterocycles. The molecule has 4 N–H and O–H groups in total. The molecule has 4 atom stereocenters. The van der Waals surface area contributed by atoms with E-state index in [1.807, 2.05) is 103 Å². The van der Waals surface area contributed by atoms with Crippen LogP contribution in [-0.2, 0) is 76.6 Å². The highest BCUT2D eigenvalue weighted by Gasteiger charge is 2.25. The van der Waals surface area contributed by atoms with Crippen LogP contribution in [0.15, 0.2) is 164 Å².